The SMILES string of the molecule is CC1CC(NC(=O)OCc2ccccc2)c2cc3c(cc2N1)NC(=O)CO3. The van der Waals surface area contributed by atoms with Crippen molar-refractivity contribution in [3.63, 3.8) is 0 Å². The van der Waals surface area contributed by atoms with Crippen molar-refractivity contribution in [3.05, 3.63) is 53.6 Å². The van der Waals surface area contributed by atoms with Gasteiger partial charge in [-0.05, 0) is 31.0 Å². The zero-order chi connectivity index (χ0) is 18.8. The van der Waals surface area contributed by atoms with Crippen molar-refractivity contribution in [2.75, 3.05) is 17.2 Å². The zero-order valence-electron chi connectivity index (χ0n) is 15.0. The quantitative estimate of drug-likeness (QED) is 0.775. The lowest BCUT2D eigenvalue weighted by molar-refractivity contribution is -0.118. The number of ether oxygens (including phenoxy) is 2. The standard InChI is InChI=1S/C20H21N3O4/c1-12-7-15(23-20(25)27-10-13-5-3-2-4-6-13)14-8-18-17(9-16(14)21-12)22-19(24)11-26-18/h2-6,8-9,12,15,21H,7,10-11H2,1H3,(H,22,24)(H,23,25). The molecule has 4 rings (SSSR count). The molecule has 7 heteroatoms. The van der Waals surface area contributed by atoms with Gasteiger partial charge in [0.1, 0.15) is 12.4 Å². The summed E-state index contributed by atoms with van der Waals surface area (Å²) >= 11 is 0. The van der Waals surface area contributed by atoms with E-state index in [9.17, 15) is 9.59 Å². The minimum absolute atomic E-state index is 0.00711. The molecule has 7 nitrogen and oxygen atoms in total. The van der Waals surface area contributed by atoms with E-state index in [1.165, 1.54) is 0 Å². The number of amides is 2. The normalized spacial score (nSPS) is 20.3. The van der Waals surface area contributed by atoms with E-state index in [-0.39, 0.29) is 31.2 Å². The van der Waals surface area contributed by atoms with Crippen LogP contribution in [0.2, 0.25) is 0 Å². The van der Waals surface area contributed by atoms with Gasteiger partial charge in [0.2, 0.25) is 0 Å². The number of anilines is 2. The van der Waals surface area contributed by atoms with Crippen molar-refractivity contribution in [2.45, 2.75) is 32.0 Å². The highest BCUT2D eigenvalue weighted by Crippen LogP contribution is 2.40. The first-order valence-corrected chi connectivity index (χ1v) is 8.93. The summed E-state index contributed by atoms with van der Waals surface area (Å²) in [5.74, 6) is 0.430. The third-order valence-electron chi connectivity index (χ3n) is 4.66. The monoisotopic (exact) mass is 367 g/mol. The fourth-order valence-electron chi connectivity index (χ4n) is 3.40. The van der Waals surface area contributed by atoms with E-state index in [0.717, 1.165) is 23.2 Å². The van der Waals surface area contributed by atoms with Gasteiger partial charge in [-0.25, -0.2) is 4.79 Å². The molecule has 140 valence electrons. The van der Waals surface area contributed by atoms with Gasteiger partial charge in [-0.15, -0.1) is 0 Å². The van der Waals surface area contributed by atoms with Crippen LogP contribution in [0.3, 0.4) is 0 Å². The molecule has 0 aliphatic carbocycles. The number of alkyl carbamates (subject to hydrolysis) is 1. The Balaban J connectivity index is 1.49. The van der Waals surface area contributed by atoms with Crippen molar-refractivity contribution in [1.82, 2.24) is 5.32 Å². The Morgan fingerprint density at radius 1 is 1.26 bits per heavy atom. The maximum Gasteiger partial charge on any atom is 0.407 e. The maximum absolute atomic E-state index is 12.3. The lowest BCUT2D eigenvalue weighted by atomic mass is 9.93. The lowest BCUT2D eigenvalue weighted by Gasteiger charge is -2.33. The van der Waals surface area contributed by atoms with Crippen LogP contribution in [0.15, 0.2) is 42.5 Å². The Labute approximate surface area is 157 Å². The topological polar surface area (TPSA) is 88.7 Å². The van der Waals surface area contributed by atoms with Crippen LogP contribution in [0, 0.1) is 0 Å². The Morgan fingerprint density at radius 2 is 2.07 bits per heavy atom. The predicted molar refractivity (Wildman–Crippen MR) is 101 cm³/mol. The molecule has 0 saturated carbocycles. The van der Waals surface area contributed by atoms with Gasteiger partial charge in [-0.1, -0.05) is 30.3 Å². The van der Waals surface area contributed by atoms with Crippen molar-refractivity contribution < 1.29 is 19.1 Å². The Morgan fingerprint density at radius 3 is 2.89 bits per heavy atom. The maximum atomic E-state index is 12.3. The average molecular weight is 367 g/mol. The van der Waals surface area contributed by atoms with E-state index in [1.54, 1.807) is 0 Å². The highest BCUT2D eigenvalue weighted by Gasteiger charge is 2.29. The number of hydrogen-bond acceptors (Lipinski definition) is 5. The number of rotatable bonds is 3. The van der Waals surface area contributed by atoms with E-state index in [4.69, 9.17) is 9.47 Å². The van der Waals surface area contributed by atoms with Crippen LogP contribution in [0.5, 0.6) is 5.75 Å². The summed E-state index contributed by atoms with van der Waals surface area (Å²) in [6, 6.07) is 13.2. The molecule has 0 saturated heterocycles. The van der Waals surface area contributed by atoms with Crippen LogP contribution in [-0.2, 0) is 16.1 Å². The van der Waals surface area contributed by atoms with Crippen molar-refractivity contribution in [3.8, 4) is 5.75 Å². The molecule has 0 radical (unpaired) electrons. The number of carbonyl (C=O) groups is 2. The van der Waals surface area contributed by atoms with E-state index < -0.39 is 6.09 Å². The summed E-state index contributed by atoms with van der Waals surface area (Å²) in [6.07, 6.45) is 0.259. The van der Waals surface area contributed by atoms with Crippen LogP contribution in [0.25, 0.3) is 0 Å². The Hall–Kier alpha value is -3.22. The summed E-state index contributed by atoms with van der Waals surface area (Å²) in [6.45, 7) is 2.26. The lowest BCUT2D eigenvalue weighted by Crippen LogP contribution is -2.37. The summed E-state index contributed by atoms with van der Waals surface area (Å²) in [5, 5.41) is 9.14. The van der Waals surface area contributed by atoms with Crippen molar-refractivity contribution in [2.24, 2.45) is 0 Å². The highest BCUT2D eigenvalue weighted by atomic mass is 16.5. The molecule has 2 aromatic carbocycles. The second-order valence-electron chi connectivity index (χ2n) is 6.81. The molecule has 2 aliphatic heterocycles. The van der Waals surface area contributed by atoms with Gasteiger partial charge in [0.25, 0.3) is 5.91 Å². The van der Waals surface area contributed by atoms with Crippen LogP contribution in [-0.4, -0.2) is 24.6 Å². The summed E-state index contributed by atoms with van der Waals surface area (Å²) in [5.41, 5.74) is 3.35. The van der Waals surface area contributed by atoms with E-state index in [2.05, 4.69) is 16.0 Å². The van der Waals surface area contributed by atoms with Gasteiger partial charge < -0.3 is 25.4 Å². The van der Waals surface area contributed by atoms with Crippen molar-refractivity contribution >= 4 is 23.4 Å². The van der Waals surface area contributed by atoms with E-state index in [0.29, 0.717) is 11.4 Å². The molecule has 2 unspecified atom stereocenters. The first-order valence-electron chi connectivity index (χ1n) is 8.93. The fourth-order valence-corrected chi connectivity index (χ4v) is 3.40. The van der Waals surface area contributed by atoms with E-state index >= 15 is 0 Å². The molecular formula is C20H21N3O4. The Bertz CT molecular complexity index is 869. The molecule has 2 aliphatic rings. The minimum Gasteiger partial charge on any atom is -0.482 e. The van der Waals surface area contributed by atoms with Crippen LogP contribution in [0.4, 0.5) is 16.2 Å². The molecule has 2 aromatic rings. The molecule has 27 heavy (non-hydrogen) atoms. The number of nitrogens with one attached hydrogen (secondary N) is 3. The molecular weight excluding hydrogens is 346 g/mol. The van der Waals surface area contributed by atoms with Gasteiger partial charge in [0, 0.05) is 17.3 Å². The zero-order valence-corrected chi connectivity index (χ0v) is 15.0. The molecule has 2 amide bonds. The van der Waals surface area contributed by atoms with Gasteiger partial charge in [0.15, 0.2) is 6.61 Å². The largest absolute Gasteiger partial charge is 0.482 e. The fraction of sp³-hybridized carbons (Fsp3) is 0.300. The first kappa shape index (κ1) is 17.2. The molecule has 2 heterocycles. The average Bonchev–Trinajstić information content (AvgIpc) is 2.66. The van der Waals surface area contributed by atoms with Crippen LogP contribution < -0.4 is 20.7 Å². The summed E-state index contributed by atoms with van der Waals surface area (Å²) in [4.78, 5) is 23.8. The number of fused-ring (bicyclic) bond motifs is 2. The number of carbonyl (C=O) groups excluding carboxylic acids is 2. The third-order valence-corrected chi connectivity index (χ3v) is 4.66. The highest BCUT2D eigenvalue weighted by molar-refractivity contribution is 5.96. The van der Waals surface area contributed by atoms with Crippen LogP contribution in [0.1, 0.15) is 30.5 Å². The van der Waals surface area contributed by atoms with Crippen LogP contribution >= 0.6 is 0 Å². The van der Waals surface area contributed by atoms with Gasteiger partial charge in [0.05, 0.1) is 11.7 Å². The number of hydrogen-bond donors (Lipinski definition) is 3. The number of benzene rings is 2. The summed E-state index contributed by atoms with van der Waals surface area (Å²) < 4.78 is 10.9. The Kier molecular flexibility index (Phi) is 4.58. The predicted octanol–water partition coefficient (Wildman–Crippen LogP) is 3.19. The molecule has 0 fully saturated rings. The second-order valence-corrected chi connectivity index (χ2v) is 6.81. The van der Waals surface area contributed by atoms with Crippen molar-refractivity contribution in [1.29, 1.82) is 0 Å². The third kappa shape index (κ3) is 3.81. The molecule has 0 aromatic heterocycles. The molecule has 3 N–H and O–H groups in total. The van der Waals surface area contributed by atoms with Gasteiger partial charge in [-0.2, -0.15) is 0 Å². The summed E-state index contributed by atoms with van der Waals surface area (Å²) in [7, 11) is 0. The van der Waals surface area contributed by atoms with E-state index in [1.807, 2.05) is 49.4 Å². The molecule has 2 atom stereocenters. The first-order chi connectivity index (χ1) is 13.1. The second kappa shape index (κ2) is 7.19. The van der Waals surface area contributed by atoms with Gasteiger partial charge in [-0.3, -0.25) is 4.79 Å². The minimum atomic E-state index is -0.462. The molecule has 0 bridgehead atoms. The molecule has 0 spiro atoms. The smallest absolute Gasteiger partial charge is 0.407 e. The van der Waals surface area contributed by atoms with Gasteiger partial charge >= 0.3 is 6.09 Å².